The third-order valence-electron chi connectivity index (χ3n) is 5.09. The molecule has 3 N–H and O–H groups in total. The molecule has 3 rings (SSSR count). The van der Waals surface area contributed by atoms with Gasteiger partial charge in [0.1, 0.15) is 18.0 Å². The Balaban J connectivity index is 1.68. The zero-order chi connectivity index (χ0) is 17.2. The summed E-state index contributed by atoms with van der Waals surface area (Å²) in [4.78, 5) is 13.8. The van der Waals surface area contributed by atoms with E-state index in [1.165, 1.54) is 0 Å². The number of para-hydroxylation sites is 1. The summed E-state index contributed by atoms with van der Waals surface area (Å²) in [5.74, 6) is 0.306. The molecule has 24 heavy (non-hydrogen) atoms. The SMILES string of the molecule is C[C@@]1(C(N)=O)CN([C@H]2CCC[C@@H](Oc3ccccc3)[C@@H]2O)CCO1. The first kappa shape index (κ1) is 17.2. The van der Waals surface area contributed by atoms with Crippen molar-refractivity contribution in [3.8, 4) is 5.75 Å². The Bertz CT molecular complexity index is 567. The topological polar surface area (TPSA) is 85.0 Å². The molecule has 2 aliphatic rings. The van der Waals surface area contributed by atoms with E-state index in [1.807, 2.05) is 30.3 Å². The molecule has 1 saturated heterocycles. The molecule has 1 aromatic rings. The maximum Gasteiger partial charge on any atom is 0.250 e. The van der Waals surface area contributed by atoms with Crippen LogP contribution in [0.5, 0.6) is 5.75 Å². The summed E-state index contributed by atoms with van der Waals surface area (Å²) in [6.07, 6.45) is 1.83. The number of amides is 1. The fraction of sp³-hybridized carbons (Fsp3) is 0.611. The van der Waals surface area contributed by atoms with E-state index in [0.29, 0.717) is 19.7 Å². The summed E-state index contributed by atoms with van der Waals surface area (Å²) in [5, 5.41) is 10.8. The van der Waals surface area contributed by atoms with Gasteiger partial charge in [0.05, 0.1) is 6.61 Å². The molecular formula is C18H26N2O4. The van der Waals surface area contributed by atoms with Gasteiger partial charge < -0.3 is 20.3 Å². The van der Waals surface area contributed by atoms with Crippen LogP contribution in [0.25, 0.3) is 0 Å². The number of nitrogens with two attached hydrogens (primary N) is 1. The quantitative estimate of drug-likeness (QED) is 0.855. The third kappa shape index (κ3) is 3.55. The van der Waals surface area contributed by atoms with Crippen molar-refractivity contribution in [1.29, 1.82) is 0 Å². The van der Waals surface area contributed by atoms with E-state index < -0.39 is 17.6 Å². The molecule has 0 bridgehead atoms. The smallest absolute Gasteiger partial charge is 0.250 e. The number of nitrogens with zero attached hydrogens (tertiary/aromatic N) is 1. The number of carbonyl (C=O) groups excluding carboxylic acids is 1. The second kappa shape index (κ2) is 7.09. The van der Waals surface area contributed by atoms with Gasteiger partial charge in [0.15, 0.2) is 5.60 Å². The van der Waals surface area contributed by atoms with Gasteiger partial charge in [-0.1, -0.05) is 18.2 Å². The molecule has 1 aromatic carbocycles. The van der Waals surface area contributed by atoms with Crippen LogP contribution in [-0.2, 0) is 9.53 Å². The molecule has 132 valence electrons. The number of ether oxygens (including phenoxy) is 2. The molecule has 4 atom stereocenters. The van der Waals surface area contributed by atoms with Gasteiger partial charge in [0.2, 0.25) is 0 Å². The maximum atomic E-state index is 11.7. The normalized spacial score (nSPS) is 34.7. The largest absolute Gasteiger partial charge is 0.488 e. The van der Waals surface area contributed by atoms with E-state index in [-0.39, 0.29) is 12.1 Å². The predicted octanol–water partition coefficient (Wildman–Crippen LogP) is 0.924. The lowest BCUT2D eigenvalue weighted by Crippen LogP contribution is -2.63. The molecule has 0 unspecified atom stereocenters. The summed E-state index contributed by atoms with van der Waals surface area (Å²) in [7, 11) is 0. The molecule has 0 radical (unpaired) electrons. The van der Waals surface area contributed by atoms with Crippen LogP contribution in [-0.4, -0.2) is 59.5 Å². The molecule has 1 saturated carbocycles. The molecule has 0 aromatic heterocycles. The maximum absolute atomic E-state index is 11.7. The monoisotopic (exact) mass is 334 g/mol. The standard InChI is InChI=1S/C18H26N2O4/c1-18(17(19)22)12-20(10-11-23-18)14-8-5-9-15(16(14)21)24-13-6-3-2-4-7-13/h2-4,6-7,14-16,21H,5,8-12H2,1H3,(H2,19,22)/t14-,15+,16+,18-/m0/s1. The Morgan fingerprint density at radius 3 is 2.83 bits per heavy atom. The number of hydrogen-bond donors (Lipinski definition) is 2. The Morgan fingerprint density at radius 2 is 2.12 bits per heavy atom. The highest BCUT2D eigenvalue weighted by Crippen LogP contribution is 2.30. The lowest BCUT2D eigenvalue weighted by atomic mass is 9.87. The first-order valence-electron chi connectivity index (χ1n) is 8.57. The van der Waals surface area contributed by atoms with Crippen LogP contribution in [0, 0.1) is 0 Å². The zero-order valence-electron chi connectivity index (χ0n) is 14.1. The number of morpholine rings is 1. The molecular weight excluding hydrogens is 308 g/mol. The van der Waals surface area contributed by atoms with Crippen molar-refractivity contribution in [3.63, 3.8) is 0 Å². The number of carbonyl (C=O) groups is 1. The molecule has 2 fully saturated rings. The minimum atomic E-state index is -0.995. The van der Waals surface area contributed by atoms with Gasteiger partial charge in [0.25, 0.3) is 5.91 Å². The fourth-order valence-electron chi connectivity index (χ4n) is 3.65. The minimum Gasteiger partial charge on any atom is -0.488 e. The van der Waals surface area contributed by atoms with Gasteiger partial charge in [-0.15, -0.1) is 0 Å². The third-order valence-corrected chi connectivity index (χ3v) is 5.09. The van der Waals surface area contributed by atoms with Crippen LogP contribution >= 0.6 is 0 Å². The second-order valence-corrected chi connectivity index (χ2v) is 6.87. The van der Waals surface area contributed by atoms with Crippen molar-refractivity contribution in [3.05, 3.63) is 30.3 Å². The number of primary amides is 1. The number of benzene rings is 1. The van der Waals surface area contributed by atoms with Gasteiger partial charge >= 0.3 is 0 Å². The van der Waals surface area contributed by atoms with E-state index >= 15 is 0 Å². The Labute approximate surface area is 142 Å². The van der Waals surface area contributed by atoms with Crippen molar-refractivity contribution >= 4 is 5.91 Å². The van der Waals surface area contributed by atoms with E-state index in [1.54, 1.807) is 6.92 Å². The average molecular weight is 334 g/mol. The average Bonchev–Trinajstić information content (AvgIpc) is 2.58. The number of aliphatic hydroxyl groups excluding tert-OH is 1. The lowest BCUT2D eigenvalue weighted by molar-refractivity contribution is -0.162. The summed E-state index contributed by atoms with van der Waals surface area (Å²) in [5.41, 5.74) is 4.48. The van der Waals surface area contributed by atoms with E-state index in [0.717, 1.165) is 25.0 Å². The van der Waals surface area contributed by atoms with Crippen LogP contribution in [0.4, 0.5) is 0 Å². The zero-order valence-corrected chi connectivity index (χ0v) is 14.1. The van der Waals surface area contributed by atoms with Crippen LogP contribution in [0.1, 0.15) is 26.2 Å². The summed E-state index contributed by atoms with van der Waals surface area (Å²) < 4.78 is 11.6. The minimum absolute atomic E-state index is 0.0463. The highest BCUT2D eigenvalue weighted by Gasteiger charge is 2.44. The summed E-state index contributed by atoms with van der Waals surface area (Å²) in [6.45, 7) is 3.24. The number of rotatable bonds is 4. The molecule has 6 heteroatoms. The van der Waals surface area contributed by atoms with Crippen LogP contribution in [0.3, 0.4) is 0 Å². The fourth-order valence-corrected chi connectivity index (χ4v) is 3.65. The first-order valence-corrected chi connectivity index (χ1v) is 8.57. The van der Waals surface area contributed by atoms with Crippen molar-refractivity contribution in [1.82, 2.24) is 4.90 Å². The van der Waals surface area contributed by atoms with Gasteiger partial charge in [-0.05, 0) is 38.3 Å². The van der Waals surface area contributed by atoms with Crippen LogP contribution < -0.4 is 10.5 Å². The predicted molar refractivity (Wildman–Crippen MR) is 89.6 cm³/mol. The number of aliphatic hydroxyl groups is 1. The van der Waals surface area contributed by atoms with Crippen LogP contribution in [0.15, 0.2) is 30.3 Å². The molecule has 1 aliphatic carbocycles. The summed E-state index contributed by atoms with van der Waals surface area (Å²) >= 11 is 0. The van der Waals surface area contributed by atoms with Crippen molar-refractivity contribution in [2.75, 3.05) is 19.7 Å². The van der Waals surface area contributed by atoms with Crippen molar-refractivity contribution in [2.45, 2.75) is 50.0 Å². The Kier molecular flexibility index (Phi) is 5.08. The van der Waals surface area contributed by atoms with Crippen molar-refractivity contribution < 1.29 is 19.4 Å². The first-order chi connectivity index (χ1) is 11.5. The van der Waals surface area contributed by atoms with Gasteiger partial charge in [-0.2, -0.15) is 0 Å². The van der Waals surface area contributed by atoms with E-state index in [2.05, 4.69) is 4.90 Å². The lowest BCUT2D eigenvalue weighted by Gasteiger charge is -2.46. The Hall–Kier alpha value is -1.63. The van der Waals surface area contributed by atoms with Gasteiger partial charge in [-0.3, -0.25) is 9.69 Å². The van der Waals surface area contributed by atoms with Crippen molar-refractivity contribution in [2.24, 2.45) is 5.73 Å². The van der Waals surface area contributed by atoms with Crippen LogP contribution in [0.2, 0.25) is 0 Å². The van der Waals surface area contributed by atoms with E-state index in [9.17, 15) is 9.90 Å². The highest BCUT2D eigenvalue weighted by atomic mass is 16.5. The van der Waals surface area contributed by atoms with E-state index in [4.69, 9.17) is 15.2 Å². The Morgan fingerprint density at radius 1 is 1.38 bits per heavy atom. The molecule has 1 amide bonds. The number of hydrogen-bond acceptors (Lipinski definition) is 5. The molecule has 6 nitrogen and oxygen atoms in total. The molecule has 0 spiro atoms. The van der Waals surface area contributed by atoms with Gasteiger partial charge in [0, 0.05) is 19.1 Å². The molecule has 1 heterocycles. The molecule has 1 aliphatic heterocycles. The van der Waals surface area contributed by atoms with Gasteiger partial charge in [-0.25, -0.2) is 0 Å². The highest BCUT2D eigenvalue weighted by molar-refractivity contribution is 5.83. The summed E-state index contributed by atoms with van der Waals surface area (Å²) in [6, 6.07) is 9.52. The second-order valence-electron chi connectivity index (χ2n) is 6.87.